The second-order valence-corrected chi connectivity index (χ2v) is 7.94. The molecular weight excluding hydrogens is 299 g/mol. The monoisotopic (exact) mass is 318 g/mol. The van der Waals surface area contributed by atoms with Crippen molar-refractivity contribution < 1.29 is 12.8 Å². The Balaban J connectivity index is 2.14. The number of benzene rings is 1. The van der Waals surface area contributed by atoms with Gasteiger partial charge in [-0.3, -0.25) is 0 Å². The maximum Gasteiger partial charge on any atom is 0.238 e. The minimum absolute atomic E-state index is 0.202. The maximum absolute atomic E-state index is 14.0. The number of hydrogen-bond acceptors (Lipinski definition) is 4. The Hall–Kier alpha value is -0.790. The van der Waals surface area contributed by atoms with E-state index in [0.29, 0.717) is 10.9 Å². The Morgan fingerprint density at radius 2 is 2.20 bits per heavy atom. The average Bonchev–Trinajstić information content (AvgIpc) is 2.78. The molecule has 1 aliphatic carbocycles. The Labute approximate surface area is 123 Å². The first kappa shape index (κ1) is 15.6. The third-order valence-electron chi connectivity index (χ3n) is 3.44. The molecule has 0 heterocycles. The normalized spacial score (nSPS) is 22.9. The number of primary sulfonamides is 1. The van der Waals surface area contributed by atoms with Crippen LogP contribution in [-0.2, 0) is 10.0 Å². The lowest BCUT2D eigenvalue weighted by molar-refractivity contribution is 0.592. The van der Waals surface area contributed by atoms with Crippen LogP contribution in [0.5, 0.6) is 0 Å². The highest BCUT2D eigenvalue weighted by atomic mass is 32.2. The predicted octanol–water partition coefficient (Wildman–Crippen LogP) is 2.56. The first-order valence-corrected chi connectivity index (χ1v) is 9.22. The van der Waals surface area contributed by atoms with E-state index in [1.807, 2.05) is 11.8 Å². The van der Waals surface area contributed by atoms with Gasteiger partial charge in [0.05, 0.1) is 10.6 Å². The van der Waals surface area contributed by atoms with Crippen LogP contribution in [0.1, 0.15) is 26.2 Å². The molecule has 0 amide bonds. The molecule has 20 heavy (non-hydrogen) atoms. The van der Waals surface area contributed by atoms with Gasteiger partial charge in [-0.05, 0) is 36.8 Å². The van der Waals surface area contributed by atoms with E-state index in [1.165, 1.54) is 12.1 Å². The van der Waals surface area contributed by atoms with Gasteiger partial charge in [0.25, 0.3) is 0 Å². The summed E-state index contributed by atoms with van der Waals surface area (Å²) in [4.78, 5) is -0.202. The molecule has 2 atom stereocenters. The molecule has 0 bridgehead atoms. The molecule has 1 fully saturated rings. The summed E-state index contributed by atoms with van der Waals surface area (Å²) in [6, 6.07) is 3.97. The molecule has 0 aliphatic heterocycles. The quantitative estimate of drug-likeness (QED) is 0.875. The fraction of sp³-hybridized carbons (Fsp3) is 0.538. The van der Waals surface area contributed by atoms with Crippen LogP contribution >= 0.6 is 11.8 Å². The SMILES string of the molecule is CCSC1CCCC1Nc1ccc(S(N)(=O)=O)cc1F. The minimum Gasteiger partial charge on any atom is -0.379 e. The van der Waals surface area contributed by atoms with E-state index in [-0.39, 0.29) is 10.9 Å². The number of anilines is 1. The number of nitrogens with two attached hydrogens (primary N) is 1. The molecule has 0 aromatic heterocycles. The predicted molar refractivity (Wildman–Crippen MR) is 81.0 cm³/mol. The highest BCUT2D eigenvalue weighted by Crippen LogP contribution is 2.32. The second kappa shape index (κ2) is 6.32. The van der Waals surface area contributed by atoms with E-state index in [9.17, 15) is 12.8 Å². The first-order valence-electron chi connectivity index (χ1n) is 6.62. The third kappa shape index (κ3) is 3.65. The van der Waals surface area contributed by atoms with Crippen LogP contribution in [-0.4, -0.2) is 25.5 Å². The van der Waals surface area contributed by atoms with E-state index < -0.39 is 15.8 Å². The van der Waals surface area contributed by atoms with Crippen molar-refractivity contribution >= 4 is 27.5 Å². The largest absolute Gasteiger partial charge is 0.379 e. The van der Waals surface area contributed by atoms with Gasteiger partial charge in [-0.25, -0.2) is 17.9 Å². The number of nitrogens with one attached hydrogen (secondary N) is 1. The molecule has 3 N–H and O–H groups in total. The molecule has 0 radical (unpaired) electrons. The topological polar surface area (TPSA) is 72.2 Å². The van der Waals surface area contributed by atoms with Crippen LogP contribution < -0.4 is 10.5 Å². The van der Waals surface area contributed by atoms with Gasteiger partial charge >= 0.3 is 0 Å². The van der Waals surface area contributed by atoms with Gasteiger partial charge in [0.1, 0.15) is 5.82 Å². The van der Waals surface area contributed by atoms with E-state index in [1.54, 1.807) is 0 Å². The van der Waals surface area contributed by atoms with Crippen LogP contribution in [0.4, 0.5) is 10.1 Å². The zero-order chi connectivity index (χ0) is 14.8. The van der Waals surface area contributed by atoms with Crippen molar-refractivity contribution in [3.8, 4) is 0 Å². The lowest BCUT2D eigenvalue weighted by Gasteiger charge is -2.21. The summed E-state index contributed by atoms with van der Waals surface area (Å²) in [6.07, 6.45) is 3.27. The summed E-state index contributed by atoms with van der Waals surface area (Å²) in [5.74, 6) is 0.457. The summed E-state index contributed by atoms with van der Waals surface area (Å²) in [6.45, 7) is 2.11. The first-order chi connectivity index (χ1) is 9.41. The van der Waals surface area contributed by atoms with Crippen molar-refractivity contribution in [3.05, 3.63) is 24.0 Å². The van der Waals surface area contributed by atoms with Gasteiger partial charge in [-0.1, -0.05) is 13.3 Å². The van der Waals surface area contributed by atoms with E-state index >= 15 is 0 Å². The molecule has 7 heteroatoms. The van der Waals surface area contributed by atoms with Crippen LogP contribution in [0.2, 0.25) is 0 Å². The Kier molecular flexibility index (Phi) is 4.93. The number of hydrogen-bond donors (Lipinski definition) is 2. The standard InChI is InChI=1S/C13H19FN2O2S2/c1-2-19-13-5-3-4-12(13)16-11-7-6-9(8-10(11)14)20(15,17)18/h6-8,12-13,16H,2-5H2,1H3,(H2,15,17,18). The average molecular weight is 318 g/mol. The van der Waals surface area contributed by atoms with Crippen molar-refractivity contribution in [2.45, 2.75) is 42.4 Å². The van der Waals surface area contributed by atoms with E-state index in [0.717, 1.165) is 31.1 Å². The van der Waals surface area contributed by atoms with Crippen molar-refractivity contribution in [2.24, 2.45) is 5.14 Å². The van der Waals surface area contributed by atoms with Crippen molar-refractivity contribution in [1.29, 1.82) is 0 Å². The highest BCUT2D eigenvalue weighted by molar-refractivity contribution is 7.99. The molecular formula is C13H19FN2O2S2. The van der Waals surface area contributed by atoms with E-state index in [4.69, 9.17) is 5.14 Å². The van der Waals surface area contributed by atoms with Crippen molar-refractivity contribution in [1.82, 2.24) is 0 Å². The zero-order valence-corrected chi connectivity index (χ0v) is 12.9. The summed E-state index contributed by atoms with van der Waals surface area (Å²) in [5, 5.41) is 8.66. The van der Waals surface area contributed by atoms with Gasteiger partial charge in [0.2, 0.25) is 10.0 Å². The highest BCUT2D eigenvalue weighted by Gasteiger charge is 2.27. The van der Waals surface area contributed by atoms with Crippen molar-refractivity contribution in [3.63, 3.8) is 0 Å². The maximum atomic E-state index is 14.0. The molecule has 1 aromatic carbocycles. The molecule has 4 nitrogen and oxygen atoms in total. The summed E-state index contributed by atoms with van der Waals surface area (Å²) in [7, 11) is -3.86. The van der Waals surface area contributed by atoms with Gasteiger partial charge in [-0.2, -0.15) is 11.8 Å². The van der Waals surface area contributed by atoms with Crippen molar-refractivity contribution in [2.75, 3.05) is 11.1 Å². The molecule has 1 aromatic rings. The van der Waals surface area contributed by atoms with Crippen LogP contribution in [0.15, 0.2) is 23.1 Å². The fourth-order valence-corrected chi connectivity index (χ4v) is 4.22. The van der Waals surface area contributed by atoms with Crippen LogP contribution in [0.25, 0.3) is 0 Å². The van der Waals surface area contributed by atoms with Gasteiger partial charge in [0.15, 0.2) is 0 Å². The number of halogens is 1. The molecule has 112 valence electrons. The van der Waals surface area contributed by atoms with Gasteiger partial charge < -0.3 is 5.32 Å². The molecule has 2 unspecified atom stereocenters. The van der Waals surface area contributed by atoms with Crippen LogP contribution in [0, 0.1) is 5.82 Å². The molecule has 0 spiro atoms. The summed E-state index contributed by atoms with van der Waals surface area (Å²) >= 11 is 1.88. The van der Waals surface area contributed by atoms with Gasteiger partial charge in [-0.15, -0.1) is 0 Å². The molecule has 1 aliphatic rings. The fourth-order valence-electron chi connectivity index (χ4n) is 2.49. The molecule has 1 saturated carbocycles. The smallest absolute Gasteiger partial charge is 0.238 e. The Morgan fingerprint density at radius 3 is 2.80 bits per heavy atom. The van der Waals surface area contributed by atoms with E-state index in [2.05, 4.69) is 12.2 Å². The third-order valence-corrected chi connectivity index (χ3v) is 5.68. The lowest BCUT2D eigenvalue weighted by atomic mass is 10.2. The Bertz CT molecular complexity index is 578. The number of sulfonamides is 1. The Morgan fingerprint density at radius 1 is 1.45 bits per heavy atom. The van der Waals surface area contributed by atoms with Crippen LogP contribution in [0.3, 0.4) is 0 Å². The number of rotatable bonds is 5. The molecule has 2 rings (SSSR count). The lowest BCUT2D eigenvalue weighted by Crippen LogP contribution is -2.26. The summed E-state index contributed by atoms with van der Waals surface area (Å²) < 4.78 is 36.3. The number of thioether (sulfide) groups is 1. The zero-order valence-electron chi connectivity index (χ0n) is 11.3. The second-order valence-electron chi connectivity index (χ2n) is 4.86. The minimum atomic E-state index is -3.86. The molecule has 0 saturated heterocycles. The van der Waals surface area contributed by atoms with Gasteiger partial charge in [0, 0.05) is 11.3 Å². The summed E-state index contributed by atoms with van der Waals surface area (Å²) in [5.41, 5.74) is 0.339.